The van der Waals surface area contributed by atoms with Crippen LogP contribution >= 0.6 is 11.8 Å². The molecule has 0 bridgehead atoms. The summed E-state index contributed by atoms with van der Waals surface area (Å²) in [6.45, 7) is 3.99. The molecule has 4 aromatic heterocycles. The summed E-state index contributed by atoms with van der Waals surface area (Å²) in [4.78, 5) is 21.6. The molecule has 0 unspecified atom stereocenters. The molecule has 0 aromatic carbocycles. The van der Waals surface area contributed by atoms with E-state index in [0.717, 1.165) is 0 Å². The van der Waals surface area contributed by atoms with Gasteiger partial charge < -0.3 is 20.2 Å². The highest BCUT2D eigenvalue weighted by Gasteiger charge is 2.43. The third kappa shape index (κ3) is 5.17. The van der Waals surface area contributed by atoms with Crippen LogP contribution in [0.25, 0.3) is 11.0 Å². The third-order valence-electron chi connectivity index (χ3n) is 5.97. The fraction of sp³-hybridized carbons (Fsp3) is 0.280. The summed E-state index contributed by atoms with van der Waals surface area (Å²) in [6.07, 6.45) is 6.59. The molecular weight excluding hydrogens is 495 g/mol. The molecule has 188 valence electrons. The van der Waals surface area contributed by atoms with Gasteiger partial charge in [-0.25, -0.2) is 19.9 Å². The summed E-state index contributed by atoms with van der Waals surface area (Å²) >= 11 is 1.33. The maximum absolute atomic E-state index is 15.0. The van der Waals surface area contributed by atoms with Crippen molar-refractivity contribution in [2.24, 2.45) is 10.7 Å². The summed E-state index contributed by atoms with van der Waals surface area (Å²) in [7, 11) is 0. The number of thioether (sulfide) groups is 1. The van der Waals surface area contributed by atoms with Crippen LogP contribution in [-0.2, 0) is 12.1 Å². The number of aromatic nitrogens is 4. The molecule has 10 nitrogen and oxygen atoms in total. The van der Waals surface area contributed by atoms with Gasteiger partial charge >= 0.3 is 0 Å². The Labute approximate surface area is 216 Å². The lowest BCUT2D eigenvalue weighted by molar-refractivity contribution is 0.270. The first kappa shape index (κ1) is 24.5. The minimum atomic E-state index is -0.998. The molecule has 5 heterocycles. The van der Waals surface area contributed by atoms with Gasteiger partial charge in [0.05, 0.1) is 47.9 Å². The molecule has 0 saturated heterocycles. The van der Waals surface area contributed by atoms with Gasteiger partial charge in [0.15, 0.2) is 11.0 Å². The number of nitriles is 1. The van der Waals surface area contributed by atoms with Gasteiger partial charge in [0.1, 0.15) is 30.0 Å². The number of ether oxygens (including phenoxy) is 1. The number of halogens is 1. The Balaban J connectivity index is 1.42. The van der Waals surface area contributed by atoms with E-state index in [1.54, 1.807) is 37.6 Å². The Hall–Kier alpha value is -4.24. The number of nitrogens with two attached hydrogens (primary N) is 1. The fourth-order valence-electron chi connectivity index (χ4n) is 4.42. The van der Waals surface area contributed by atoms with Crippen molar-refractivity contribution in [1.82, 2.24) is 19.9 Å². The number of amidine groups is 1. The van der Waals surface area contributed by atoms with Crippen molar-refractivity contribution in [2.75, 3.05) is 5.32 Å². The second kappa shape index (κ2) is 9.67. The molecule has 0 saturated carbocycles. The van der Waals surface area contributed by atoms with Crippen molar-refractivity contribution in [2.45, 2.75) is 43.6 Å². The van der Waals surface area contributed by atoms with Crippen molar-refractivity contribution in [3.63, 3.8) is 0 Å². The van der Waals surface area contributed by atoms with Gasteiger partial charge in [-0.3, -0.25) is 4.99 Å². The Kier molecular flexibility index (Phi) is 6.39. The van der Waals surface area contributed by atoms with Crippen LogP contribution < -0.4 is 15.8 Å². The number of nitrogens with one attached hydrogen (secondary N) is 1. The van der Waals surface area contributed by atoms with Crippen LogP contribution in [-0.4, -0.2) is 29.9 Å². The first-order valence-electron chi connectivity index (χ1n) is 11.4. The fourth-order valence-corrected chi connectivity index (χ4v) is 5.66. The van der Waals surface area contributed by atoms with Crippen LogP contribution in [0.2, 0.25) is 0 Å². The zero-order valence-corrected chi connectivity index (χ0v) is 20.9. The van der Waals surface area contributed by atoms with Crippen molar-refractivity contribution in [3.05, 3.63) is 66.5 Å². The van der Waals surface area contributed by atoms with E-state index in [1.807, 2.05) is 13.0 Å². The van der Waals surface area contributed by atoms with E-state index in [0.29, 0.717) is 45.6 Å². The van der Waals surface area contributed by atoms with Crippen LogP contribution in [0.4, 0.5) is 15.9 Å². The number of anilines is 2. The van der Waals surface area contributed by atoms with E-state index in [-0.39, 0.29) is 18.6 Å². The number of aliphatic imine (C=N–C) groups is 1. The molecule has 12 heteroatoms. The quantitative estimate of drug-likeness (QED) is 0.326. The van der Waals surface area contributed by atoms with Crippen LogP contribution in [0.5, 0.6) is 5.75 Å². The van der Waals surface area contributed by atoms with Gasteiger partial charge in [0, 0.05) is 16.4 Å². The molecule has 37 heavy (non-hydrogen) atoms. The number of furan rings is 1. The number of nitrogens with zero attached hydrogens (tertiary/aromatic N) is 6. The summed E-state index contributed by atoms with van der Waals surface area (Å²) in [5.41, 5.74) is 6.92. The second-order valence-corrected chi connectivity index (χ2v) is 10.7. The van der Waals surface area contributed by atoms with Crippen LogP contribution in [0, 0.1) is 17.3 Å². The average Bonchev–Trinajstić information content (AvgIpc) is 3.37. The zero-order valence-electron chi connectivity index (χ0n) is 20.1. The molecular formula is C25H23FN8O2S. The summed E-state index contributed by atoms with van der Waals surface area (Å²) in [5.74, 6) is 0.982. The number of hydrogen-bond acceptors (Lipinski definition) is 11. The molecule has 0 fully saturated rings. The van der Waals surface area contributed by atoms with Gasteiger partial charge in [0.25, 0.3) is 0 Å². The van der Waals surface area contributed by atoms with Gasteiger partial charge in [-0.1, -0.05) is 11.8 Å². The lowest BCUT2D eigenvalue weighted by Gasteiger charge is -2.40. The molecule has 3 N–H and O–H groups in total. The topological polar surface area (TPSA) is 148 Å². The highest BCUT2D eigenvalue weighted by Crippen LogP contribution is 2.47. The molecule has 2 atom stereocenters. The van der Waals surface area contributed by atoms with Gasteiger partial charge in [-0.15, -0.1) is 0 Å². The van der Waals surface area contributed by atoms with E-state index >= 15 is 0 Å². The van der Waals surface area contributed by atoms with Gasteiger partial charge in [-0.05, 0) is 38.5 Å². The lowest BCUT2D eigenvalue weighted by Crippen LogP contribution is -2.40. The zero-order chi connectivity index (χ0) is 26.0. The number of rotatable bonds is 7. The Morgan fingerprint density at radius 2 is 2.11 bits per heavy atom. The Morgan fingerprint density at radius 3 is 2.89 bits per heavy atom. The lowest BCUT2D eigenvalue weighted by atomic mass is 9.82. The van der Waals surface area contributed by atoms with E-state index in [2.05, 4.69) is 36.3 Å². The molecule has 0 aliphatic carbocycles. The molecule has 0 amide bonds. The summed E-state index contributed by atoms with van der Waals surface area (Å²) < 4.78 is 25.5. The van der Waals surface area contributed by atoms with Crippen molar-refractivity contribution < 1.29 is 13.5 Å². The third-order valence-corrected chi connectivity index (χ3v) is 7.05. The minimum Gasteiger partial charge on any atom is -0.484 e. The Bertz CT molecular complexity index is 1520. The molecule has 1 aliphatic rings. The van der Waals surface area contributed by atoms with Crippen molar-refractivity contribution in [1.29, 1.82) is 5.26 Å². The monoisotopic (exact) mass is 518 g/mol. The second-order valence-electron chi connectivity index (χ2n) is 9.10. The molecule has 0 spiro atoms. The molecule has 0 radical (unpaired) electrons. The smallest absolute Gasteiger partial charge is 0.218 e. The predicted octanol–water partition coefficient (Wildman–Crippen LogP) is 4.81. The highest BCUT2D eigenvalue weighted by molar-refractivity contribution is 8.15. The summed E-state index contributed by atoms with van der Waals surface area (Å²) in [6, 6.07) is 9.19. The largest absolute Gasteiger partial charge is 0.484 e. The highest BCUT2D eigenvalue weighted by atomic mass is 32.2. The molecule has 5 rings (SSSR count). The average molecular weight is 519 g/mol. The normalized spacial score (nSPS) is 21.3. The van der Waals surface area contributed by atoms with Crippen LogP contribution in [0.3, 0.4) is 0 Å². The molecule has 1 aliphatic heterocycles. The van der Waals surface area contributed by atoms with E-state index < -0.39 is 16.2 Å². The van der Waals surface area contributed by atoms with E-state index in [4.69, 9.17) is 14.9 Å². The van der Waals surface area contributed by atoms with E-state index in [9.17, 15) is 9.65 Å². The van der Waals surface area contributed by atoms with Crippen LogP contribution in [0.1, 0.15) is 38.0 Å². The SMILES string of the molecule is C[C@]1(CC#N)C[C@@](C)(c2cc(Nc3ncnc4cc(OCc5ccco5)cnc34)cnc2F)N=C(N)S1. The standard InChI is InChI=1S/C25H23FN8O2S/c1-24(5-6-27)13-25(2,34-23(28)37-24)18-8-15(10-30-21(18)26)33-22-20-19(31-14-32-22)9-17(11-29-20)36-12-16-4-3-7-35-16/h3-4,7-11,14H,5,12-13H2,1-2H3,(H2,28,34)(H,31,32,33)/t24-,25-/m0/s1. The van der Waals surface area contributed by atoms with Crippen molar-refractivity contribution in [3.8, 4) is 11.8 Å². The van der Waals surface area contributed by atoms with E-state index in [1.165, 1.54) is 24.3 Å². The number of pyridine rings is 2. The van der Waals surface area contributed by atoms with Gasteiger partial charge in [-0.2, -0.15) is 9.65 Å². The summed E-state index contributed by atoms with van der Waals surface area (Å²) in [5, 5.41) is 12.8. The first-order valence-corrected chi connectivity index (χ1v) is 12.2. The Morgan fingerprint density at radius 1 is 1.24 bits per heavy atom. The van der Waals surface area contributed by atoms with Gasteiger partial charge in [0.2, 0.25) is 5.95 Å². The first-order chi connectivity index (χ1) is 17.8. The predicted molar refractivity (Wildman–Crippen MR) is 138 cm³/mol. The number of fused-ring (bicyclic) bond motifs is 1. The maximum Gasteiger partial charge on any atom is 0.218 e. The van der Waals surface area contributed by atoms with Crippen molar-refractivity contribution >= 4 is 39.5 Å². The minimum absolute atomic E-state index is 0.252. The molecule has 4 aromatic rings. The number of hydrogen-bond donors (Lipinski definition) is 2. The van der Waals surface area contributed by atoms with Crippen LogP contribution in [0.15, 0.2) is 58.7 Å². The maximum atomic E-state index is 15.0.